The monoisotopic (exact) mass is 224 g/mol. The van der Waals surface area contributed by atoms with Gasteiger partial charge in [0.25, 0.3) is 0 Å². The molecule has 0 aliphatic rings. The van der Waals surface area contributed by atoms with Gasteiger partial charge >= 0.3 is 0 Å². The van der Waals surface area contributed by atoms with Crippen LogP contribution in [0.2, 0.25) is 0 Å². The van der Waals surface area contributed by atoms with Gasteiger partial charge in [-0.15, -0.1) is 0 Å². The molecule has 2 heterocycles. The van der Waals surface area contributed by atoms with E-state index >= 15 is 0 Å². The molecule has 0 bridgehead atoms. The summed E-state index contributed by atoms with van der Waals surface area (Å²) in [6, 6.07) is 13.5. The zero-order valence-corrected chi connectivity index (χ0v) is 9.17. The molecule has 3 heteroatoms. The van der Waals surface area contributed by atoms with Gasteiger partial charge in [-0.2, -0.15) is 0 Å². The molecule has 2 N–H and O–H groups in total. The molecule has 1 aromatic carbocycles. The molecule has 1 unspecified atom stereocenters. The summed E-state index contributed by atoms with van der Waals surface area (Å²) >= 11 is 0. The predicted octanol–water partition coefficient (Wildman–Crippen LogP) is 2.64. The number of pyridine rings is 1. The van der Waals surface area contributed by atoms with Crippen LogP contribution in [-0.4, -0.2) is 15.1 Å². The highest BCUT2D eigenvalue weighted by molar-refractivity contribution is 5.75. The van der Waals surface area contributed by atoms with Gasteiger partial charge in [-0.1, -0.05) is 30.3 Å². The average Bonchev–Trinajstić information content (AvgIpc) is 2.86. The third kappa shape index (κ3) is 1.81. The number of aliphatic hydroxyl groups excluding tert-OH is 1. The van der Waals surface area contributed by atoms with Crippen LogP contribution >= 0.6 is 0 Å². The molecular weight excluding hydrogens is 212 g/mol. The van der Waals surface area contributed by atoms with Crippen LogP contribution in [0.4, 0.5) is 0 Å². The van der Waals surface area contributed by atoms with E-state index in [0.29, 0.717) is 0 Å². The van der Waals surface area contributed by atoms with Gasteiger partial charge in [-0.25, -0.2) is 4.98 Å². The molecule has 2 aromatic heterocycles. The summed E-state index contributed by atoms with van der Waals surface area (Å²) in [5, 5.41) is 11.3. The lowest BCUT2D eigenvalue weighted by atomic mass is 10.0. The minimum Gasteiger partial charge on any atom is -0.384 e. The second-order valence-corrected chi connectivity index (χ2v) is 4.00. The molecule has 3 rings (SSSR count). The summed E-state index contributed by atoms with van der Waals surface area (Å²) < 4.78 is 0. The summed E-state index contributed by atoms with van der Waals surface area (Å²) in [5.41, 5.74) is 2.53. The average molecular weight is 224 g/mol. The van der Waals surface area contributed by atoms with Gasteiger partial charge in [0.1, 0.15) is 11.8 Å². The fourth-order valence-corrected chi connectivity index (χ4v) is 1.93. The van der Waals surface area contributed by atoms with Gasteiger partial charge in [0, 0.05) is 23.3 Å². The molecule has 0 aliphatic heterocycles. The Bertz CT molecular complexity index is 631. The largest absolute Gasteiger partial charge is 0.384 e. The fraction of sp³-hybridized carbons (Fsp3) is 0.0714. The number of nitrogens with zero attached hydrogens (tertiary/aromatic N) is 1. The van der Waals surface area contributed by atoms with Gasteiger partial charge in [0.05, 0.1) is 0 Å². The first-order valence-corrected chi connectivity index (χ1v) is 5.50. The number of hydrogen-bond donors (Lipinski definition) is 2. The Morgan fingerprint density at radius 2 is 1.88 bits per heavy atom. The Morgan fingerprint density at radius 1 is 1.06 bits per heavy atom. The quantitative estimate of drug-likeness (QED) is 0.703. The molecule has 3 aromatic rings. The summed E-state index contributed by atoms with van der Waals surface area (Å²) in [4.78, 5) is 7.30. The molecule has 17 heavy (non-hydrogen) atoms. The molecular formula is C14H12N2O. The molecule has 0 aliphatic carbocycles. The van der Waals surface area contributed by atoms with Crippen molar-refractivity contribution in [2.24, 2.45) is 0 Å². The van der Waals surface area contributed by atoms with Crippen molar-refractivity contribution in [3.8, 4) is 0 Å². The molecule has 0 amide bonds. The first-order chi connectivity index (χ1) is 8.34. The van der Waals surface area contributed by atoms with E-state index in [0.717, 1.165) is 22.2 Å². The highest BCUT2D eigenvalue weighted by Crippen LogP contribution is 2.23. The summed E-state index contributed by atoms with van der Waals surface area (Å²) in [7, 11) is 0. The molecule has 1 atom stereocenters. The first kappa shape index (κ1) is 10.1. The van der Waals surface area contributed by atoms with E-state index < -0.39 is 6.10 Å². The Labute approximate surface area is 98.8 Å². The van der Waals surface area contributed by atoms with E-state index in [2.05, 4.69) is 9.97 Å². The van der Waals surface area contributed by atoms with Crippen molar-refractivity contribution in [3.63, 3.8) is 0 Å². The lowest BCUT2D eigenvalue weighted by Crippen LogP contribution is -1.99. The topological polar surface area (TPSA) is 48.9 Å². The SMILES string of the molecule is OC(c1ccccc1)c1cnc2[nH]ccc2c1. The Balaban J connectivity index is 2.03. The molecule has 0 spiro atoms. The van der Waals surface area contributed by atoms with Crippen LogP contribution < -0.4 is 0 Å². The number of benzene rings is 1. The van der Waals surface area contributed by atoms with Crippen LogP contribution in [0.1, 0.15) is 17.2 Å². The van der Waals surface area contributed by atoms with Gasteiger partial charge in [0.2, 0.25) is 0 Å². The lowest BCUT2D eigenvalue weighted by Gasteiger charge is -2.10. The van der Waals surface area contributed by atoms with E-state index in [9.17, 15) is 5.11 Å². The van der Waals surface area contributed by atoms with E-state index in [1.807, 2.05) is 48.7 Å². The maximum absolute atomic E-state index is 10.2. The Morgan fingerprint density at radius 3 is 2.71 bits per heavy atom. The molecule has 0 fully saturated rings. The van der Waals surface area contributed by atoms with Crippen LogP contribution in [0, 0.1) is 0 Å². The first-order valence-electron chi connectivity index (χ1n) is 5.50. The van der Waals surface area contributed by atoms with Gasteiger partial charge < -0.3 is 10.1 Å². The zero-order chi connectivity index (χ0) is 11.7. The Kier molecular flexibility index (Phi) is 2.38. The van der Waals surface area contributed by atoms with Crippen molar-refractivity contribution in [3.05, 3.63) is 66.0 Å². The molecule has 0 radical (unpaired) electrons. The number of hydrogen-bond acceptors (Lipinski definition) is 2. The van der Waals surface area contributed by atoms with E-state index in [-0.39, 0.29) is 0 Å². The fourth-order valence-electron chi connectivity index (χ4n) is 1.93. The number of aromatic amines is 1. The van der Waals surface area contributed by atoms with E-state index in [1.54, 1.807) is 6.20 Å². The van der Waals surface area contributed by atoms with Crippen molar-refractivity contribution in [1.82, 2.24) is 9.97 Å². The van der Waals surface area contributed by atoms with Crippen molar-refractivity contribution < 1.29 is 5.11 Å². The molecule has 84 valence electrons. The standard InChI is InChI=1S/C14H12N2O/c17-13(10-4-2-1-3-5-10)12-8-11-6-7-15-14(11)16-9-12/h1-9,13,17H,(H,15,16). The van der Waals surface area contributed by atoms with Gasteiger partial charge in [-0.05, 0) is 17.7 Å². The third-order valence-electron chi connectivity index (χ3n) is 2.85. The summed E-state index contributed by atoms with van der Waals surface area (Å²) in [5.74, 6) is 0. The van der Waals surface area contributed by atoms with Gasteiger partial charge in [0.15, 0.2) is 0 Å². The minimum atomic E-state index is -0.622. The number of fused-ring (bicyclic) bond motifs is 1. The number of nitrogens with one attached hydrogen (secondary N) is 1. The van der Waals surface area contributed by atoms with Crippen LogP contribution in [0.5, 0.6) is 0 Å². The smallest absolute Gasteiger partial charge is 0.137 e. The highest BCUT2D eigenvalue weighted by Gasteiger charge is 2.11. The van der Waals surface area contributed by atoms with Crippen LogP contribution in [-0.2, 0) is 0 Å². The second-order valence-electron chi connectivity index (χ2n) is 4.00. The predicted molar refractivity (Wildman–Crippen MR) is 66.6 cm³/mol. The van der Waals surface area contributed by atoms with Crippen LogP contribution in [0.25, 0.3) is 11.0 Å². The number of aliphatic hydroxyl groups is 1. The lowest BCUT2D eigenvalue weighted by molar-refractivity contribution is 0.220. The summed E-state index contributed by atoms with van der Waals surface area (Å²) in [6.45, 7) is 0. The van der Waals surface area contributed by atoms with Gasteiger partial charge in [-0.3, -0.25) is 0 Å². The number of rotatable bonds is 2. The van der Waals surface area contributed by atoms with E-state index in [4.69, 9.17) is 0 Å². The zero-order valence-electron chi connectivity index (χ0n) is 9.17. The molecule has 0 saturated heterocycles. The normalized spacial score (nSPS) is 12.8. The van der Waals surface area contributed by atoms with Crippen molar-refractivity contribution in [1.29, 1.82) is 0 Å². The summed E-state index contributed by atoms with van der Waals surface area (Å²) in [6.07, 6.45) is 2.93. The van der Waals surface area contributed by atoms with Crippen molar-refractivity contribution >= 4 is 11.0 Å². The maximum atomic E-state index is 10.2. The number of H-pyrrole nitrogens is 1. The molecule has 0 saturated carbocycles. The van der Waals surface area contributed by atoms with Crippen molar-refractivity contribution in [2.45, 2.75) is 6.10 Å². The third-order valence-corrected chi connectivity index (χ3v) is 2.85. The minimum absolute atomic E-state index is 0.622. The Hall–Kier alpha value is -2.13. The van der Waals surface area contributed by atoms with Crippen LogP contribution in [0.3, 0.4) is 0 Å². The van der Waals surface area contributed by atoms with Crippen molar-refractivity contribution in [2.75, 3.05) is 0 Å². The van der Waals surface area contributed by atoms with E-state index in [1.165, 1.54) is 0 Å². The highest BCUT2D eigenvalue weighted by atomic mass is 16.3. The second kappa shape index (κ2) is 4.03. The maximum Gasteiger partial charge on any atom is 0.137 e. The van der Waals surface area contributed by atoms with Crippen LogP contribution in [0.15, 0.2) is 54.9 Å². The molecule has 3 nitrogen and oxygen atoms in total. The number of aromatic nitrogens is 2.